The Bertz CT molecular complexity index is 786. The van der Waals surface area contributed by atoms with E-state index >= 15 is 0 Å². The lowest BCUT2D eigenvalue weighted by Gasteiger charge is -2.37. The second kappa shape index (κ2) is 7.62. The van der Waals surface area contributed by atoms with E-state index in [2.05, 4.69) is 23.6 Å². The molecule has 2 aliphatic heterocycles. The molecule has 1 saturated heterocycles. The minimum absolute atomic E-state index is 0.0409. The molecule has 0 spiro atoms. The van der Waals surface area contributed by atoms with Crippen molar-refractivity contribution in [2.24, 2.45) is 0 Å². The highest BCUT2D eigenvalue weighted by Crippen LogP contribution is 2.37. The summed E-state index contributed by atoms with van der Waals surface area (Å²) in [4.78, 5) is 30.6. The van der Waals surface area contributed by atoms with Gasteiger partial charge >= 0.3 is 0 Å². The maximum Gasteiger partial charge on any atom is 0.242 e. The normalized spacial score (nSPS) is 20.6. The number of amides is 2. The predicted molar refractivity (Wildman–Crippen MR) is 103 cm³/mol. The van der Waals surface area contributed by atoms with E-state index in [0.29, 0.717) is 19.5 Å². The summed E-state index contributed by atoms with van der Waals surface area (Å²) in [6.07, 6.45) is 4.49. The lowest BCUT2D eigenvalue weighted by Crippen LogP contribution is -2.46. The summed E-state index contributed by atoms with van der Waals surface area (Å²) in [7, 11) is 0. The zero-order valence-corrected chi connectivity index (χ0v) is 15.7. The van der Waals surface area contributed by atoms with E-state index in [0.717, 1.165) is 31.2 Å². The van der Waals surface area contributed by atoms with Crippen molar-refractivity contribution in [2.45, 2.75) is 38.1 Å². The number of thiophene rings is 1. The average molecular weight is 369 g/mol. The SMILES string of the molecule is O=C1CCCCCN1CC(=O)N1CCc2sccc2C1c1ccccc1. The molecule has 136 valence electrons. The number of hydrogen-bond donors (Lipinski definition) is 0. The van der Waals surface area contributed by atoms with Gasteiger partial charge in [0.05, 0.1) is 12.6 Å². The number of rotatable bonds is 3. The van der Waals surface area contributed by atoms with Crippen LogP contribution in [-0.2, 0) is 16.0 Å². The minimum atomic E-state index is -0.0409. The minimum Gasteiger partial charge on any atom is -0.333 e. The van der Waals surface area contributed by atoms with Crippen molar-refractivity contribution in [3.63, 3.8) is 0 Å². The van der Waals surface area contributed by atoms with Gasteiger partial charge in [0.1, 0.15) is 0 Å². The first-order valence-corrected chi connectivity index (χ1v) is 10.3. The van der Waals surface area contributed by atoms with Gasteiger partial charge in [0.25, 0.3) is 0 Å². The van der Waals surface area contributed by atoms with Gasteiger partial charge < -0.3 is 9.80 Å². The van der Waals surface area contributed by atoms with Crippen LogP contribution in [0.1, 0.15) is 47.7 Å². The fraction of sp³-hybridized carbons (Fsp3) is 0.429. The van der Waals surface area contributed by atoms with Crippen LogP contribution in [0.2, 0.25) is 0 Å². The Hall–Kier alpha value is -2.14. The van der Waals surface area contributed by atoms with E-state index in [1.807, 2.05) is 23.1 Å². The molecular formula is C21H24N2O2S. The van der Waals surface area contributed by atoms with Gasteiger partial charge in [-0.2, -0.15) is 0 Å². The summed E-state index contributed by atoms with van der Waals surface area (Å²) in [6, 6.07) is 12.3. The van der Waals surface area contributed by atoms with Gasteiger partial charge in [0.2, 0.25) is 11.8 Å². The maximum absolute atomic E-state index is 13.2. The lowest BCUT2D eigenvalue weighted by atomic mass is 9.93. The fourth-order valence-corrected chi connectivity index (χ4v) is 4.94. The number of fused-ring (bicyclic) bond motifs is 1. The van der Waals surface area contributed by atoms with Crippen LogP contribution in [0.25, 0.3) is 0 Å². The van der Waals surface area contributed by atoms with Crippen molar-refractivity contribution in [3.8, 4) is 0 Å². The average Bonchev–Trinajstić information content (AvgIpc) is 3.06. The van der Waals surface area contributed by atoms with E-state index in [1.165, 1.54) is 10.4 Å². The standard InChI is InChI=1S/C21H24N2O2S/c24-19-9-5-2-6-12-22(19)15-20(25)23-13-10-18-17(11-14-26-18)21(23)16-7-3-1-4-8-16/h1,3-4,7-8,11,14,21H,2,5-6,9-10,12-13,15H2. The molecule has 3 heterocycles. The Morgan fingerprint density at radius 3 is 2.73 bits per heavy atom. The van der Waals surface area contributed by atoms with Gasteiger partial charge in [0, 0.05) is 24.4 Å². The summed E-state index contributed by atoms with van der Waals surface area (Å²) in [5.41, 5.74) is 2.38. The Morgan fingerprint density at radius 2 is 1.88 bits per heavy atom. The third-order valence-corrected chi connectivity index (χ3v) is 6.40. The zero-order valence-electron chi connectivity index (χ0n) is 14.9. The van der Waals surface area contributed by atoms with E-state index in [1.54, 1.807) is 16.2 Å². The van der Waals surface area contributed by atoms with Crippen LogP contribution in [-0.4, -0.2) is 41.2 Å². The second-order valence-electron chi connectivity index (χ2n) is 7.08. The van der Waals surface area contributed by atoms with E-state index < -0.39 is 0 Å². The van der Waals surface area contributed by atoms with Crippen LogP contribution in [0, 0.1) is 0 Å². The summed E-state index contributed by atoms with van der Waals surface area (Å²) >= 11 is 1.77. The zero-order chi connectivity index (χ0) is 17.9. The van der Waals surface area contributed by atoms with Crippen LogP contribution in [0.15, 0.2) is 41.8 Å². The monoisotopic (exact) mass is 368 g/mol. The molecule has 0 aliphatic carbocycles. The predicted octanol–water partition coefficient (Wildman–Crippen LogP) is 3.62. The molecule has 1 aromatic heterocycles. The van der Waals surface area contributed by atoms with Gasteiger partial charge in [-0.1, -0.05) is 36.8 Å². The topological polar surface area (TPSA) is 40.6 Å². The van der Waals surface area contributed by atoms with Gasteiger partial charge in [-0.25, -0.2) is 0 Å². The molecule has 26 heavy (non-hydrogen) atoms. The van der Waals surface area contributed by atoms with Crippen molar-refractivity contribution in [3.05, 3.63) is 57.8 Å². The van der Waals surface area contributed by atoms with Crippen LogP contribution in [0.5, 0.6) is 0 Å². The van der Waals surface area contributed by atoms with Crippen molar-refractivity contribution in [2.75, 3.05) is 19.6 Å². The number of carbonyl (C=O) groups excluding carboxylic acids is 2. The molecule has 4 nitrogen and oxygen atoms in total. The molecule has 2 aliphatic rings. The molecule has 0 N–H and O–H groups in total. The quantitative estimate of drug-likeness (QED) is 0.830. The number of carbonyl (C=O) groups is 2. The van der Waals surface area contributed by atoms with Crippen LogP contribution in [0.3, 0.4) is 0 Å². The first-order valence-electron chi connectivity index (χ1n) is 9.42. The largest absolute Gasteiger partial charge is 0.333 e. The molecule has 0 saturated carbocycles. The third-order valence-electron chi connectivity index (χ3n) is 5.40. The first kappa shape index (κ1) is 17.3. The molecule has 2 aromatic rings. The Balaban J connectivity index is 1.60. The molecule has 2 amide bonds. The Kier molecular flexibility index (Phi) is 5.07. The van der Waals surface area contributed by atoms with Crippen molar-refractivity contribution in [1.29, 1.82) is 0 Å². The summed E-state index contributed by atoms with van der Waals surface area (Å²) < 4.78 is 0. The maximum atomic E-state index is 13.2. The molecule has 1 unspecified atom stereocenters. The lowest BCUT2D eigenvalue weighted by molar-refractivity contribution is -0.141. The highest BCUT2D eigenvalue weighted by Gasteiger charge is 2.33. The van der Waals surface area contributed by atoms with E-state index in [4.69, 9.17) is 0 Å². The first-order chi connectivity index (χ1) is 12.7. The molecule has 1 atom stereocenters. The number of nitrogens with zero attached hydrogens (tertiary/aromatic N) is 2. The van der Waals surface area contributed by atoms with Crippen LogP contribution in [0.4, 0.5) is 0 Å². The number of benzene rings is 1. The Labute approximate surface area is 158 Å². The van der Waals surface area contributed by atoms with Gasteiger partial charge in [-0.15, -0.1) is 11.3 Å². The summed E-state index contributed by atoms with van der Waals surface area (Å²) in [5, 5.41) is 2.12. The van der Waals surface area contributed by atoms with Gasteiger partial charge in [0.15, 0.2) is 0 Å². The van der Waals surface area contributed by atoms with E-state index in [-0.39, 0.29) is 24.4 Å². The van der Waals surface area contributed by atoms with E-state index in [9.17, 15) is 9.59 Å². The highest BCUT2D eigenvalue weighted by atomic mass is 32.1. The third kappa shape index (κ3) is 3.40. The molecule has 0 bridgehead atoms. The van der Waals surface area contributed by atoms with Crippen LogP contribution < -0.4 is 0 Å². The second-order valence-corrected chi connectivity index (χ2v) is 8.08. The van der Waals surface area contributed by atoms with Crippen molar-refractivity contribution < 1.29 is 9.59 Å². The molecule has 5 heteroatoms. The summed E-state index contributed by atoms with van der Waals surface area (Å²) in [6.45, 7) is 1.63. The highest BCUT2D eigenvalue weighted by molar-refractivity contribution is 7.10. The molecule has 1 aromatic carbocycles. The van der Waals surface area contributed by atoms with Crippen LogP contribution >= 0.6 is 11.3 Å². The smallest absolute Gasteiger partial charge is 0.242 e. The molecular weight excluding hydrogens is 344 g/mol. The molecule has 1 fully saturated rings. The number of hydrogen-bond acceptors (Lipinski definition) is 3. The van der Waals surface area contributed by atoms with Gasteiger partial charge in [-0.05, 0) is 41.8 Å². The van der Waals surface area contributed by atoms with Gasteiger partial charge in [-0.3, -0.25) is 9.59 Å². The van der Waals surface area contributed by atoms with Crippen molar-refractivity contribution in [1.82, 2.24) is 9.80 Å². The molecule has 4 rings (SSSR count). The fourth-order valence-electron chi connectivity index (χ4n) is 4.04. The molecule has 0 radical (unpaired) electrons. The Morgan fingerprint density at radius 1 is 1.04 bits per heavy atom. The summed E-state index contributed by atoms with van der Waals surface area (Å²) in [5.74, 6) is 0.186. The van der Waals surface area contributed by atoms with Crippen molar-refractivity contribution >= 4 is 23.2 Å². The number of likely N-dealkylation sites (tertiary alicyclic amines) is 1.